The van der Waals surface area contributed by atoms with Gasteiger partial charge in [0, 0.05) is 31.0 Å². The minimum absolute atomic E-state index is 0.194. The maximum atomic E-state index is 13.2. The molecule has 4 N–H and O–H groups in total. The Morgan fingerprint density at radius 2 is 1.87 bits per heavy atom. The molecular weight excluding hydrogens is 383 g/mol. The van der Waals surface area contributed by atoms with Crippen molar-refractivity contribution in [3.05, 3.63) is 47.9 Å². The van der Waals surface area contributed by atoms with Crippen molar-refractivity contribution >= 4 is 23.1 Å². The van der Waals surface area contributed by atoms with Crippen LogP contribution in [0.2, 0.25) is 0 Å². The molecule has 30 heavy (non-hydrogen) atoms. The average molecular weight is 410 g/mol. The number of pyridine rings is 1. The smallest absolute Gasteiger partial charge is 0.254 e. The van der Waals surface area contributed by atoms with Crippen LogP contribution in [0.4, 0.5) is 21.6 Å². The zero-order chi connectivity index (χ0) is 20.9. The van der Waals surface area contributed by atoms with E-state index in [-0.39, 0.29) is 17.8 Å². The number of aliphatic hydroxyl groups is 1. The van der Waals surface area contributed by atoms with E-state index < -0.39 is 5.60 Å². The molecule has 158 valence electrons. The van der Waals surface area contributed by atoms with Crippen molar-refractivity contribution in [3.63, 3.8) is 0 Å². The van der Waals surface area contributed by atoms with Crippen LogP contribution in [0.5, 0.6) is 0 Å². The van der Waals surface area contributed by atoms with Gasteiger partial charge >= 0.3 is 0 Å². The van der Waals surface area contributed by atoms with Gasteiger partial charge < -0.3 is 21.1 Å². The quantitative estimate of drug-likeness (QED) is 0.604. The number of nitrogens with zero attached hydrogens (tertiary/aromatic N) is 1. The second-order valence-electron chi connectivity index (χ2n) is 9.19. The molecule has 6 rings (SSSR count). The third kappa shape index (κ3) is 3.51. The largest absolute Gasteiger partial charge is 0.390 e. The molecule has 0 spiro atoms. The molecule has 1 amide bonds. The number of hydrogen-bond donors (Lipinski definition) is 4. The van der Waals surface area contributed by atoms with E-state index in [0.29, 0.717) is 29.1 Å². The maximum Gasteiger partial charge on any atom is 0.254 e. The number of nitrogens with one attached hydrogen (secondary N) is 3. The van der Waals surface area contributed by atoms with Crippen LogP contribution >= 0.6 is 0 Å². The Morgan fingerprint density at radius 1 is 1.17 bits per heavy atom. The molecule has 0 aliphatic heterocycles. The van der Waals surface area contributed by atoms with E-state index in [9.17, 15) is 14.3 Å². The summed E-state index contributed by atoms with van der Waals surface area (Å²) in [4.78, 5) is 16.8. The molecule has 0 saturated heterocycles. The number of aromatic nitrogens is 1. The normalized spacial score (nSPS) is 31.4. The van der Waals surface area contributed by atoms with Crippen molar-refractivity contribution in [2.75, 3.05) is 17.7 Å². The summed E-state index contributed by atoms with van der Waals surface area (Å²) in [5.41, 5.74) is 1.46. The van der Waals surface area contributed by atoms with Crippen LogP contribution in [-0.2, 0) is 0 Å². The fraction of sp³-hybridized carbons (Fsp3) is 0.478. The molecule has 1 aromatic heterocycles. The number of hydrogen-bond acceptors (Lipinski definition) is 5. The molecule has 1 heterocycles. The second kappa shape index (κ2) is 7.23. The Hall–Kier alpha value is -2.67. The van der Waals surface area contributed by atoms with Gasteiger partial charge in [-0.15, -0.1) is 0 Å². The number of amides is 1. The standard InChI is InChI=1S/C23H27FN4O2/c1-25-22(29)18-12-26-20(27-17-4-2-16(24)3-5-17)8-19(18)28-21-14-6-13-7-15(21)11-23(30,9-13)10-14/h2-5,8,12-15,21,30H,6-7,9-11H2,1H3,(H,25,29)(H2,26,27,28). The van der Waals surface area contributed by atoms with Gasteiger partial charge in [0.15, 0.2) is 0 Å². The highest BCUT2D eigenvalue weighted by atomic mass is 19.1. The van der Waals surface area contributed by atoms with Gasteiger partial charge in [-0.1, -0.05) is 0 Å². The molecular formula is C23H27FN4O2. The summed E-state index contributed by atoms with van der Waals surface area (Å²) in [6, 6.07) is 8.16. The second-order valence-corrected chi connectivity index (χ2v) is 9.19. The van der Waals surface area contributed by atoms with Crippen molar-refractivity contribution in [1.29, 1.82) is 0 Å². The summed E-state index contributed by atoms with van der Waals surface area (Å²) >= 11 is 0. The summed E-state index contributed by atoms with van der Waals surface area (Å²) in [5.74, 6) is 1.55. The van der Waals surface area contributed by atoms with Gasteiger partial charge in [0.25, 0.3) is 5.91 Å². The van der Waals surface area contributed by atoms with Crippen molar-refractivity contribution in [2.24, 2.45) is 17.8 Å². The maximum absolute atomic E-state index is 13.2. The number of carbonyl (C=O) groups excluding carboxylic acids is 1. The lowest BCUT2D eigenvalue weighted by atomic mass is 9.52. The van der Waals surface area contributed by atoms with E-state index in [1.807, 2.05) is 6.07 Å². The Bertz CT molecular complexity index is 948. The summed E-state index contributed by atoms with van der Waals surface area (Å²) in [7, 11) is 1.61. The summed E-state index contributed by atoms with van der Waals surface area (Å²) in [5, 5.41) is 20.4. The van der Waals surface area contributed by atoms with Gasteiger partial charge in [-0.25, -0.2) is 9.37 Å². The Kier molecular flexibility index (Phi) is 4.65. The van der Waals surface area contributed by atoms with Crippen LogP contribution in [0.3, 0.4) is 0 Å². The third-order valence-corrected chi connectivity index (χ3v) is 7.06. The Morgan fingerprint density at radius 3 is 2.50 bits per heavy atom. The molecule has 6 nitrogen and oxygen atoms in total. The first kappa shape index (κ1) is 19.3. The first-order chi connectivity index (χ1) is 14.4. The molecule has 2 atom stereocenters. The SMILES string of the molecule is CNC(=O)c1cnc(Nc2ccc(F)cc2)cc1NC1C2CC3CC1CC(O)(C3)C2. The number of carbonyl (C=O) groups is 1. The first-order valence-corrected chi connectivity index (χ1v) is 10.7. The van der Waals surface area contributed by atoms with E-state index in [4.69, 9.17) is 0 Å². The molecule has 4 aliphatic carbocycles. The van der Waals surface area contributed by atoms with Gasteiger partial charge in [0.2, 0.25) is 0 Å². The van der Waals surface area contributed by atoms with Gasteiger partial charge in [-0.3, -0.25) is 4.79 Å². The van der Waals surface area contributed by atoms with Gasteiger partial charge in [-0.05, 0) is 74.1 Å². The van der Waals surface area contributed by atoms with Crippen LogP contribution in [-0.4, -0.2) is 34.7 Å². The van der Waals surface area contributed by atoms with Crippen LogP contribution in [0, 0.1) is 23.6 Å². The molecule has 2 aromatic rings. The van der Waals surface area contributed by atoms with E-state index in [1.165, 1.54) is 12.1 Å². The van der Waals surface area contributed by atoms with E-state index in [0.717, 1.165) is 43.5 Å². The number of anilines is 3. The van der Waals surface area contributed by atoms with Crippen LogP contribution in [0.15, 0.2) is 36.5 Å². The lowest BCUT2D eigenvalue weighted by Crippen LogP contribution is -2.59. The van der Waals surface area contributed by atoms with E-state index in [1.54, 1.807) is 25.4 Å². The monoisotopic (exact) mass is 410 g/mol. The van der Waals surface area contributed by atoms with Crippen molar-refractivity contribution < 1.29 is 14.3 Å². The van der Waals surface area contributed by atoms with Gasteiger partial charge in [0.05, 0.1) is 16.9 Å². The number of halogens is 1. The molecule has 4 aliphatic rings. The van der Waals surface area contributed by atoms with E-state index >= 15 is 0 Å². The highest BCUT2D eigenvalue weighted by Gasteiger charge is 2.54. The molecule has 0 radical (unpaired) electrons. The highest BCUT2D eigenvalue weighted by Crippen LogP contribution is 2.56. The lowest BCUT2D eigenvalue weighted by molar-refractivity contribution is -0.129. The predicted octanol–water partition coefficient (Wildman–Crippen LogP) is 3.68. The minimum atomic E-state index is -0.494. The first-order valence-electron chi connectivity index (χ1n) is 10.7. The fourth-order valence-corrected chi connectivity index (χ4v) is 6.04. The van der Waals surface area contributed by atoms with Crippen LogP contribution < -0.4 is 16.0 Å². The van der Waals surface area contributed by atoms with Crippen LogP contribution in [0.25, 0.3) is 0 Å². The van der Waals surface area contributed by atoms with E-state index in [2.05, 4.69) is 20.9 Å². The topological polar surface area (TPSA) is 86.3 Å². The molecule has 7 heteroatoms. The molecule has 4 saturated carbocycles. The third-order valence-electron chi connectivity index (χ3n) is 7.06. The minimum Gasteiger partial charge on any atom is -0.390 e. The molecule has 4 fully saturated rings. The number of rotatable bonds is 5. The zero-order valence-corrected chi connectivity index (χ0v) is 17.0. The number of benzene rings is 1. The zero-order valence-electron chi connectivity index (χ0n) is 17.0. The Balaban J connectivity index is 1.42. The molecule has 4 bridgehead atoms. The molecule has 1 aromatic carbocycles. The summed E-state index contributed by atoms with van der Waals surface area (Å²) in [6.45, 7) is 0. The van der Waals surface area contributed by atoms with Crippen molar-refractivity contribution in [1.82, 2.24) is 10.3 Å². The fourth-order valence-electron chi connectivity index (χ4n) is 6.04. The predicted molar refractivity (Wildman–Crippen MR) is 113 cm³/mol. The van der Waals surface area contributed by atoms with Crippen molar-refractivity contribution in [3.8, 4) is 0 Å². The van der Waals surface area contributed by atoms with Gasteiger partial charge in [-0.2, -0.15) is 0 Å². The van der Waals surface area contributed by atoms with Gasteiger partial charge in [0.1, 0.15) is 11.6 Å². The molecule has 2 unspecified atom stereocenters. The summed E-state index contributed by atoms with van der Waals surface area (Å²) in [6.07, 6.45) is 6.44. The average Bonchev–Trinajstić information content (AvgIpc) is 2.71. The Labute approximate surface area is 175 Å². The lowest BCUT2D eigenvalue weighted by Gasteiger charge is -2.58. The van der Waals surface area contributed by atoms with Crippen molar-refractivity contribution in [2.45, 2.75) is 43.7 Å². The summed E-state index contributed by atoms with van der Waals surface area (Å²) < 4.78 is 13.2. The highest BCUT2D eigenvalue weighted by molar-refractivity contribution is 5.99. The van der Waals surface area contributed by atoms with Crippen LogP contribution in [0.1, 0.15) is 42.5 Å².